The summed E-state index contributed by atoms with van der Waals surface area (Å²) >= 11 is 0. The maximum absolute atomic E-state index is 12.6. The number of anilines is 1. The molecule has 0 saturated carbocycles. The van der Waals surface area contributed by atoms with E-state index in [1.165, 1.54) is 24.3 Å². The van der Waals surface area contributed by atoms with Crippen LogP contribution in [0, 0.1) is 0 Å². The Hall–Kier alpha value is -3.03. The zero-order valence-corrected chi connectivity index (χ0v) is 12.2. The lowest BCUT2D eigenvalue weighted by Crippen LogP contribution is -2.29. The van der Waals surface area contributed by atoms with E-state index in [4.69, 9.17) is 5.11 Å². The van der Waals surface area contributed by atoms with Crippen LogP contribution in [0.1, 0.15) is 21.5 Å². The van der Waals surface area contributed by atoms with Crippen molar-refractivity contribution in [2.75, 3.05) is 5.32 Å². The average Bonchev–Trinajstić information content (AvgIpc) is 2.52. The molecule has 5 nitrogen and oxygen atoms in total. The van der Waals surface area contributed by atoms with Gasteiger partial charge in [-0.1, -0.05) is 24.3 Å². The van der Waals surface area contributed by atoms with Crippen LogP contribution in [-0.2, 0) is 12.7 Å². The summed E-state index contributed by atoms with van der Waals surface area (Å²) in [7, 11) is 0. The van der Waals surface area contributed by atoms with Crippen LogP contribution in [0.3, 0.4) is 0 Å². The molecule has 0 unspecified atom stereocenters. The predicted molar refractivity (Wildman–Crippen MR) is 80.7 cm³/mol. The first kappa shape index (κ1) is 17.3. The molecule has 0 radical (unpaired) electrons. The Kier molecular flexibility index (Phi) is 5.08. The van der Waals surface area contributed by atoms with Crippen LogP contribution < -0.4 is 10.6 Å². The molecular formula is C16H13F3N2O3. The van der Waals surface area contributed by atoms with Gasteiger partial charge in [-0.3, -0.25) is 0 Å². The second-order valence-corrected chi connectivity index (χ2v) is 4.85. The van der Waals surface area contributed by atoms with E-state index in [-0.39, 0.29) is 17.8 Å². The number of carboxylic acids is 1. The Morgan fingerprint density at radius 3 is 2.42 bits per heavy atom. The minimum absolute atomic E-state index is 0.0196. The fourth-order valence-electron chi connectivity index (χ4n) is 2.01. The maximum Gasteiger partial charge on any atom is 0.416 e. The lowest BCUT2D eigenvalue weighted by molar-refractivity contribution is -0.137. The van der Waals surface area contributed by atoms with Crippen LogP contribution >= 0.6 is 0 Å². The Bertz CT molecular complexity index is 760. The molecular weight excluding hydrogens is 325 g/mol. The standard InChI is InChI=1S/C16H13F3N2O3/c17-16(18,19)11-5-3-6-12(8-11)21-15(24)20-9-10-4-1-2-7-13(10)14(22)23/h1-8H,9H2,(H,22,23)(H2,20,21,24). The second kappa shape index (κ2) is 7.03. The zero-order chi connectivity index (χ0) is 17.7. The number of nitrogens with one attached hydrogen (secondary N) is 2. The van der Waals surface area contributed by atoms with E-state index in [2.05, 4.69) is 10.6 Å². The van der Waals surface area contributed by atoms with Gasteiger partial charge in [-0.05, 0) is 29.8 Å². The molecule has 0 fully saturated rings. The highest BCUT2D eigenvalue weighted by atomic mass is 19.4. The lowest BCUT2D eigenvalue weighted by atomic mass is 10.1. The van der Waals surface area contributed by atoms with Gasteiger partial charge in [-0.2, -0.15) is 13.2 Å². The summed E-state index contributed by atoms with van der Waals surface area (Å²) in [4.78, 5) is 22.8. The average molecular weight is 338 g/mol. The van der Waals surface area contributed by atoms with E-state index in [1.807, 2.05) is 0 Å². The number of amides is 2. The molecule has 0 aliphatic carbocycles. The minimum Gasteiger partial charge on any atom is -0.478 e. The first-order valence-electron chi connectivity index (χ1n) is 6.80. The number of benzene rings is 2. The van der Waals surface area contributed by atoms with Crippen molar-refractivity contribution in [3.63, 3.8) is 0 Å². The number of hydrogen-bond donors (Lipinski definition) is 3. The molecule has 24 heavy (non-hydrogen) atoms. The van der Waals surface area contributed by atoms with E-state index in [0.29, 0.717) is 5.56 Å². The number of halogens is 3. The summed E-state index contributed by atoms with van der Waals surface area (Å²) in [6.07, 6.45) is -4.51. The van der Waals surface area contributed by atoms with Gasteiger partial charge >= 0.3 is 18.2 Å². The van der Waals surface area contributed by atoms with Gasteiger partial charge in [-0.15, -0.1) is 0 Å². The van der Waals surface area contributed by atoms with Crippen molar-refractivity contribution in [1.82, 2.24) is 5.32 Å². The van der Waals surface area contributed by atoms with E-state index in [1.54, 1.807) is 12.1 Å². The van der Waals surface area contributed by atoms with Crippen molar-refractivity contribution >= 4 is 17.7 Å². The Labute approximate surface area is 135 Å². The number of carbonyl (C=O) groups excluding carboxylic acids is 1. The van der Waals surface area contributed by atoms with E-state index < -0.39 is 23.7 Å². The van der Waals surface area contributed by atoms with Crippen molar-refractivity contribution in [2.45, 2.75) is 12.7 Å². The second-order valence-electron chi connectivity index (χ2n) is 4.85. The van der Waals surface area contributed by atoms with Gasteiger partial charge in [0.1, 0.15) is 0 Å². The summed E-state index contributed by atoms with van der Waals surface area (Å²) in [6, 6.07) is 9.56. The summed E-state index contributed by atoms with van der Waals surface area (Å²) in [5.41, 5.74) is -0.480. The molecule has 0 aliphatic heterocycles. The summed E-state index contributed by atoms with van der Waals surface area (Å²) < 4.78 is 37.8. The highest BCUT2D eigenvalue weighted by molar-refractivity contribution is 5.91. The number of urea groups is 1. The highest BCUT2D eigenvalue weighted by Crippen LogP contribution is 2.30. The van der Waals surface area contributed by atoms with Crippen molar-refractivity contribution in [3.8, 4) is 0 Å². The number of carbonyl (C=O) groups is 2. The van der Waals surface area contributed by atoms with E-state index >= 15 is 0 Å². The fourth-order valence-corrected chi connectivity index (χ4v) is 2.01. The predicted octanol–water partition coefficient (Wildman–Crippen LogP) is 3.73. The maximum atomic E-state index is 12.6. The van der Waals surface area contributed by atoms with Crippen LogP contribution in [-0.4, -0.2) is 17.1 Å². The van der Waals surface area contributed by atoms with Crippen molar-refractivity contribution in [2.24, 2.45) is 0 Å². The van der Waals surface area contributed by atoms with Crippen LogP contribution in [0.5, 0.6) is 0 Å². The molecule has 2 aromatic carbocycles. The first-order chi connectivity index (χ1) is 11.3. The van der Waals surface area contributed by atoms with Gasteiger partial charge in [-0.25, -0.2) is 9.59 Å². The Balaban J connectivity index is 2.01. The molecule has 0 aliphatic rings. The van der Waals surface area contributed by atoms with Crippen LogP contribution in [0.2, 0.25) is 0 Å². The van der Waals surface area contributed by atoms with Crippen molar-refractivity contribution in [1.29, 1.82) is 0 Å². The lowest BCUT2D eigenvalue weighted by Gasteiger charge is -2.11. The number of carboxylic acid groups (broad SMARTS) is 1. The topological polar surface area (TPSA) is 78.4 Å². The van der Waals surface area contributed by atoms with Crippen molar-refractivity contribution in [3.05, 3.63) is 65.2 Å². The number of hydrogen-bond acceptors (Lipinski definition) is 2. The molecule has 0 heterocycles. The Morgan fingerprint density at radius 1 is 1.04 bits per heavy atom. The molecule has 0 bridgehead atoms. The molecule has 2 amide bonds. The summed E-state index contributed by atoms with van der Waals surface area (Å²) in [5, 5.41) is 13.7. The van der Waals surface area contributed by atoms with Crippen molar-refractivity contribution < 1.29 is 27.9 Å². The van der Waals surface area contributed by atoms with Gasteiger partial charge in [0.05, 0.1) is 11.1 Å². The van der Waals surface area contributed by atoms with Gasteiger partial charge in [0.15, 0.2) is 0 Å². The molecule has 126 valence electrons. The quantitative estimate of drug-likeness (QED) is 0.795. The van der Waals surface area contributed by atoms with Gasteiger partial charge in [0.25, 0.3) is 0 Å². The first-order valence-corrected chi connectivity index (χ1v) is 6.80. The zero-order valence-electron chi connectivity index (χ0n) is 12.2. The molecule has 2 aromatic rings. The largest absolute Gasteiger partial charge is 0.478 e. The van der Waals surface area contributed by atoms with Crippen LogP contribution in [0.25, 0.3) is 0 Å². The third-order valence-corrected chi connectivity index (χ3v) is 3.13. The van der Waals surface area contributed by atoms with Crippen LogP contribution in [0.4, 0.5) is 23.7 Å². The molecule has 2 rings (SSSR count). The minimum atomic E-state index is -4.51. The van der Waals surface area contributed by atoms with Gasteiger partial charge < -0.3 is 15.7 Å². The Morgan fingerprint density at radius 2 is 1.75 bits per heavy atom. The molecule has 8 heteroatoms. The third-order valence-electron chi connectivity index (χ3n) is 3.13. The summed E-state index contributed by atoms with van der Waals surface area (Å²) in [5.74, 6) is -1.13. The van der Waals surface area contributed by atoms with Gasteiger partial charge in [0.2, 0.25) is 0 Å². The normalized spacial score (nSPS) is 11.0. The van der Waals surface area contributed by atoms with E-state index in [9.17, 15) is 22.8 Å². The molecule has 3 N–H and O–H groups in total. The summed E-state index contributed by atoms with van der Waals surface area (Å²) in [6.45, 7) is -0.0761. The molecule has 0 saturated heterocycles. The van der Waals surface area contributed by atoms with E-state index in [0.717, 1.165) is 12.1 Å². The van der Waals surface area contributed by atoms with Gasteiger partial charge in [0, 0.05) is 12.2 Å². The molecule has 0 spiro atoms. The smallest absolute Gasteiger partial charge is 0.416 e. The molecule has 0 atom stereocenters. The number of alkyl halides is 3. The number of rotatable bonds is 4. The van der Waals surface area contributed by atoms with Crippen LogP contribution in [0.15, 0.2) is 48.5 Å². The third kappa shape index (κ3) is 4.48. The highest BCUT2D eigenvalue weighted by Gasteiger charge is 2.30. The SMILES string of the molecule is O=C(NCc1ccccc1C(=O)O)Nc1cccc(C(F)(F)F)c1. The fraction of sp³-hybridized carbons (Fsp3) is 0.125. The number of aromatic carboxylic acids is 1. The molecule has 0 aromatic heterocycles. The monoisotopic (exact) mass is 338 g/mol.